The Morgan fingerprint density at radius 3 is 2.43 bits per heavy atom. The lowest BCUT2D eigenvalue weighted by molar-refractivity contribution is 0.271. The zero-order valence-corrected chi connectivity index (χ0v) is 8.11. The van der Waals surface area contributed by atoms with Gasteiger partial charge in [0.25, 0.3) is 0 Å². The second-order valence-corrected chi connectivity index (χ2v) is 3.50. The predicted molar refractivity (Wildman–Crippen MR) is 55.5 cm³/mol. The predicted octanol–water partition coefficient (Wildman–Crippen LogP) is 0.872. The minimum absolute atomic E-state index is 0.592. The van der Waals surface area contributed by atoms with E-state index in [9.17, 15) is 0 Å². The molecule has 1 aliphatic rings. The first-order chi connectivity index (χ1) is 6.84. The number of nitrogen functional groups attached to an aromatic ring is 1. The Balaban J connectivity index is 1.92. The number of aromatic nitrogens is 2. The summed E-state index contributed by atoms with van der Waals surface area (Å²) in [6.07, 6.45) is 7.02. The summed E-state index contributed by atoms with van der Waals surface area (Å²) < 4.78 is 0. The van der Waals surface area contributed by atoms with Crippen molar-refractivity contribution in [1.82, 2.24) is 15.0 Å². The molecular formula is C9H15N5. The Kier molecular flexibility index (Phi) is 2.78. The molecular weight excluding hydrogens is 178 g/mol. The third-order valence-corrected chi connectivity index (χ3v) is 2.29. The third-order valence-electron chi connectivity index (χ3n) is 2.29. The maximum Gasteiger partial charge on any atom is 0.237 e. The highest BCUT2D eigenvalue weighted by molar-refractivity contribution is 5.35. The van der Waals surface area contributed by atoms with E-state index in [0.29, 0.717) is 11.6 Å². The number of hydrogen-bond acceptors (Lipinski definition) is 5. The summed E-state index contributed by atoms with van der Waals surface area (Å²) >= 11 is 0. The zero-order chi connectivity index (χ0) is 9.80. The highest BCUT2D eigenvalue weighted by Crippen LogP contribution is 2.09. The lowest BCUT2D eigenvalue weighted by atomic mass is 10.2. The van der Waals surface area contributed by atoms with Crippen LogP contribution in [0.15, 0.2) is 12.4 Å². The van der Waals surface area contributed by atoms with Crippen molar-refractivity contribution in [2.24, 2.45) is 0 Å². The van der Waals surface area contributed by atoms with Crippen LogP contribution in [0.5, 0.6) is 0 Å². The van der Waals surface area contributed by atoms with Crippen molar-refractivity contribution in [2.45, 2.75) is 19.3 Å². The molecule has 0 aromatic carbocycles. The topological polar surface area (TPSA) is 67.1 Å². The summed E-state index contributed by atoms with van der Waals surface area (Å²) in [6.45, 7) is 2.13. The number of hydrazine groups is 1. The van der Waals surface area contributed by atoms with E-state index < -0.39 is 0 Å². The second-order valence-electron chi connectivity index (χ2n) is 3.50. The quantitative estimate of drug-likeness (QED) is 0.729. The molecule has 1 saturated heterocycles. The molecule has 1 aromatic heterocycles. The molecule has 0 bridgehead atoms. The maximum absolute atomic E-state index is 5.49. The van der Waals surface area contributed by atoms with Crippen molar-refractivity contribution in [3.63, 3.8) is 0 Å². The van der Waals surface area contributed by atoms with Crippen LogP contribution in [0.25, 0.3) is 0 Å². The van der Waals surface area contributed by atoms with Gasteiger partial charge in [0.15, 0.2) is 0 Å². The van der Waals surface area contributed by atoms with Gasteiger partial charge in [-0.25, -0.2) is 15.0 Å². The van der Waals surface area contributed by atoms with Crippen LogP contribution in [0, 0.1) is 0 Å². The summed E-state index contributed by atoms with van der Waals surface area (Å²) in [6, 6.07) is 0. The molecule has 0 unspecified atom stereocenters. The highest BCUT2D eigenvalue weighted by atomic mass is 15.5. The number of nitrogens with one attached hydrogen (secondary N) is 1. The fourth-order valence-electron chi connectivity index (χ4n) is 1.54. The van der Waals surface area contributed by atoms with E-state index in [1.54, 1.807) is 12.4 Å². The SMILES string of the molecule is Nc1cnc(NN2CCCCC2)nc1. The minimum atomic E-state index is 0.592. The Morgan fingerprint density at radius 2 is 1.79 bits per heavy atom. The Bertz CT molecular complexity index is 278. The van der Waals surface area contributed by atoms with E-state index >= 15 is 0 Å². The monoisotopic (exact) mass is 193 g/mol. The molecule has 76 valence electrons. The summed E-state index contributed by atoms with van der Waals surface area (Å²) in [4.78, 5) is 8.17. The molecule has 14 heavy (non-hydrogen) atoms. The van der Waals surface area contributed by atoms with Crippen molar-refractivity contribution in [1.29, 1.82) is 0 Å². The normalized spacial score (nSPS) is 18.0. The molecule has 5 nitrogen and oxygen atoms in total. The van der Waals surface area contributed by atoms with E-state index in [0.717, 1.165) is 13.1 Å². The molecule has 0 spiro atoms. The lowest BCUT2D eigenvalue weighted by Crippen LogP contribution is -2.35. The number of rotatable bonds is 2. The second kappa shape index (κ2) is 4.23. The number of piperidine rings is 1. The van der Waals surface area contributed by atoms with Crippen molar-refractivity contribution >= 4 is 11.6 Å². The van der Waals surface area contributed by atoms with Crippen molar-refractivity contribution in [2.75, 3.05) is 24.2 Å². The third kappa shape index (κ3) is 2.32. The Labute approximate surface area is 83.3 Å². The molecule has 1 aliphatic heterocycles. The molecule has 0 atom stereocenters. The number of anilines is 2. The average molecular weight is 193 g/mol. The molecule has 0 saturated carbocycles. The standard InChI is InChI=1S/C9H15N5/c10-8-6-11-9(12-7-8)13-14-4-2-1-3-5-14/h6-7H,1-5,10H2,(H,11,12,13). The molecule has 2 heterocycles. The lowest BCUT2D eigenvalue weighted by Gasteiger charge is -2.26. The minimum Gasteiger partial charge on any atom is -0.396 e. The van der Waals surface area contributed by atoms with Crippen LogP contribution < -0.4 is 11.2 Å². The van der Waals surface area contributed by atoms with Gasteiger partial charge in [-0.1, -0.05) is 6.42 Å². The van der Waals surface area contributed by atoms with Gasteiger partial charge < -0.3 is 5.73 Å². The van der Waals surface area contributed by atoms with E-state index in [-0.39, 0.29) is 0 Å². The first-order valence-electron chi connectivity index (χ1n) is 4.94. The molecule has 1 fully saturated rings. The van der Waals surface area contributed by atoms with Crippen LogP contribution in [0.3, 0.4) is 0 Å². The smallest absolute Gasteiger partial charge is 0.237 e. The van der Waals surface area contributed by atoms with Crippen LogP contribution in [0.4, 0.5) is 11.6 Å². The van der Waals surface area contributed by atoms with Gasteiger partial charge in [-0.15, -0.1) is 0 Å². The van der Waals surface area contributed by atoms with E-state index in [1.807, 2.05) is 0 Å². The van der Waals surface area contributed by atoms with Crippen LogP contribution in [-0.4, -0.2) is 28.1 Å². The Hall–Kier alpha value is -1.36. The summed E-state index contributed by atoms with van der Waals surface area (Å²) in [5.41, 5.74) is 9.25. The summed E-state index contributed by atoms with van der Waals surface area (Å²) in [7, 11) is 0. The summed E-state index contributed by atoms with van der Waals surface area (Å²) in [5.74, 6) is 0.626. The molecule has 1 aromatic rings. The van der Waals surface area contributed by atoms with Gasteiger partial charge in [-0.3, -0.25) is 5.43 Å². The van der Waals surface area contributed by atoms with Crippen LogP contribution in [-0.2, 0) is 0 Å². The van der Waals surface area contributed by atoms with E-state index in [4.69, 9.17) is 5.73 Å². The first-order valence-corrected chi connectivity index (χ1v) is 4.94. The zero-order valence-electron chi connectivity index (χ0n) is 8.11. The number of nitrogens with two attached hydrogens (primary N) is 1. The van der Waals surface area contributed by atoms with Crippen LogP contribution in [0.1, 0.15) is 19.3 Å². The molecule has 0 aliphatic carbocycles. The van der Waals surface area contributed by atoms with E-state index in [2.05, 4.69) is 20.4 Å². The van der Waals surface area contributed by atoms with Gasteiger partial charge in [0, 0.05) is 13.1 Å². The molecule has 0 radical (unpaired) electrons. The van der Waals surface area contributed by atoms with Gasteiger partial charge in [-0.05, 0) is 12.8 Å². The largest absolute Gasteiger partial charge is 0.396 e. The highest BCUT2D eigenvalue weighted by Gasteiger charge is 2.10. The molecule has 3 N–H and O–H groups in total. The van der Waals surface area contributed by atoms with Crippen molar-refractivity contribution in [3.05, 3.63) is 12.4 Å². The average Bonchev–Trinajstić information content (AvgIpc) is 2.23. The maximum atomic E-state index is 5.49. The summed E-state index contributed by atoms with van der Waals surface area (Å²) in [5, 5.41) is 2.15. The van der Waals surface area contributed by atoms with Crippen LogP contribution in [0.2, 0.25) is 0 Å². The molecule has 0 amide bonds. The van der Waals surface area contributed by atoms with Gasteiger partial charge >= 0.3 is 0 Å². The van der Waals surface area contributed by atoms with Crippen molar-refractivity contribution < 1.29 is 0 Å². The molecule has 2 rings (SSSR count). The van der Waals surface area contributed by atoms with Gasteiger partial charge in [0.2, 0.25) is 5.95 Å². The van der Waals surface area contributed by atoms with Gasteiger partial charge in [-0.2, -0.15) is 0 Å². The van der Waals surface area contributed by atoms with Gasteiger partial charge in [0.1, 0.15) is 0 Å². The fourth-order valence-corrected chi connectivity index (χ4v) is 1.54. The van der Waals surface area contributed by atoms with Crippen LogP contribution >= 0.6 is 0 Å². The number of nitrogens with zero attached hydrogens (tertiary/aromatic N) is 3. The van der Waals surface area contributed by atoms with E-state index in [1.165, 1.54) is 19.3 Å². The molecule has 5 heteroatoms. The first kappa shape index (κ1) is 9.21. The van der Waals surface area contributed by atoms with Crippen molar-refractivity contribution in [3.8, 4) is 0 Å². The van der Waals surface area contributed by atoms with Gasteiger partial charge in [0.05, 0.1) is 18.1 Å². The fraction of sp³-hybridized carbons (Fsp3) is 0.556. The number of hydrogen-bond donors (Lipinski definition) is 2. The Morgan fingerprint density at radius 1 is 1.14 bits per heavy atom.